The van der Waals surface area contributed by atoms with E-state index >= 15 is 0 Å². The molecule has 0 saturated carbocycles. The number of nitrogens with zero attached hydrogens (tertiary/aromatic N) is 3. The number of hydrogen-bond donors (Lipinski definition) is 1. The van der Waals surface area contributed by atoms with Gasteiger partial charge in [0, 0.05) is 18.0 Å². The molecule has 0 radical (unpaired) electrons. The van der Waals surface area contributed by atoms with Gasteiger partial charge < -0.3 is 14.6 Å². The van der Waals surface area contributed by atoms with Crippen LogP contribution in [-0.2, 0) is 6.61 Å². The van der Waals surface area contributed by atoms with E-state index in [1.54, 1.807) is 6.20 Å². The Hall–Kier alpha value is -2.54. The molecule has 0 unspecified atom stereocenters. The number of nitrogens with one attached hydrogen (secondary N) is 1. The number of pyridine rings is 1. The molecular formula is C18H18N4O2S. The van der Waals surface area contributed by atoms with Crippen molar-refractivity contribution in [1.29, 1.82) is 0 Å². The van der Waals surface area contributed by atoms with Crippen molar-refractivity contribution in [3.05, 3.63) is 54.5 Å². The smallest absolute Gasteiger partial charge is 0.259 e. The molecule has 3 heterocycles. The Labute approximate surface area is 150 Å². The molecule has 1 saturated heterocycles. The normalized spacial score (nSPS) is 16.7. The summed E-state index contributed by atoms with van der Waals surface area (Å²) < 4.78 is 10.9. The maximum Gasteiger partial charge on any atom is 0.259 e. The van der Waals surface area contributed by atoms with Crippen LogP contribution in [0, 0.1) is 0 Å². The fourth-order valence-corrected chi connectivity index (χ4v) is 3.71. The Morgan fingerprint density at radius 1 is 1.20 bits per heavy atom. The van der Waals surface area contributed by atoms with Gasteiger partial charge in [0.05, 0.1) is 5.56 Å². The van der Waals surface area contributed by atoms with Crippen LogP contribution in [0.3, 0.4) is 0 Å². The molecule has 1 fully saturated rings. The molecule has 128 valence electrons. The Morgan fingerprint density at radius 3 is 2.88 bits per heavy atom. The van der Waals surface area contributed by atoms with Gasteiger partial charge in [-0.3, -0.25) is 0 Å². The molecule has 1 atom stereocenters. The molecule has 0 bridgehead atoms. The average Bonchev–Trinajstić information content (AvgIpc) is 3.34. The number of rotatable bonds is 6. The molecular weight excluding hydrogens is 336 g/mol. The summed E-state index contributed by atoms with van der Waals surface area (Å²) in [4.78, 5) is 8.80. The zero-order valence-electron chi connectivity index (χ0n) is 13.6. The number of thioether (sulfide) groups is 1. The number of anilines is 1. The van der Waals surface area contributed by atoms with Gasteiger partial charge in [-0.15, -0.1) is 0 Å². The molecule has 4 rings (SSSR count). The van der Waals surface area contributed by atoms with Crippen LogP contribution in [-0.4, -0.2) is 32.7 Å². The molecule has 1 N–H and O–H groups in total. The van der Waals surface area contributed by atoms with Crippen molar-refractivity contribution >= 4 is 17.6 Å². The van der Waals surface area contributed by atoms with Crippen molar-refractivity contribution in [1.82, 2.24) is 15.1 Å². The quantitative estimate of drug-likeness (QED) is 0.724. The molecule has 3 aromatic rings. The molecule has 1 aliphatic heterocycles. The van der Waals surface area contributed by atoms with Gasteiger partial charge in [0.1, 0.15) is 11.6 Å². The molecule has 0 spiro atoms. The van der Waals surface area contributed by atoms with E-state index in [0.29, 0.717) is 17.8 Å². The van der Waals surface area contributed by atoms with Crippen LogP contribution in [0.5, 0.6) is 5.75 Å². The highest BCUT2D eigenvalue weighted by Crippen LogP contribution is 2.22. The summed E-state index contributed by atoms with van der Waals surface area (Å²) in [6.07, 6.45) is 2.93. The highest BCUT2D eigenvalue weighted by molar-refractivity contribution is 7.99. The number of para-hydroxylation sites is 1. The van der Waals surface area contributed by atoms with Crippen molar-refractivity contribution in [2.45, 2.75) is 19.1 Å². The van der Waals surface area contributed by atoms with E-state index in [2.05, 4.69) is 20.4 Å². The van der Waals surface area contributed by atoms with Crippen LogP contribution < -0.4 is 10.1 Å². The van der Waals surface area contributed by atoms with Crippen LogP contribution in [0.25, 0.3) is 11.5 Å². The SMILES string of the molecule is c1ccc(OCc2noc(-c3ccc(N[C@H]4CCSC4)nc3)n2)cc1. The highest BCUT2D eigenvalue weighted by atomic mass is 32.2. The van der Waals surface area contributed by atoms with Crippen LogP contribution in [0.1, 0.15) is 12.2 Å². The van der Waals surface area contributed by atoms with Gasteiger partial charge in [-0.05, 0) is 36.4 Å². The topological polar surface area (TPSA) is 73.1 Å². The third-order valence-electron chi connectivity index (χ3n) is 3.87. The second kappa shape index (κ2) is 7.57. The average molecular weight is 354 g/mol. The van der Waals surface area contributed by atoms with Crippen molar-refractivity contribution in [2.24, 2.45) is 0 Å². The maximum absolute atomic E-state index is 5.62. The van der Waals surface area contributed by atoms with Gasteiger partial charge >= 0.3 is 0 Å². The monoisotopic (exact) mass is 354 g/mol. The predicted octanol–water partition coefficient (Wildman–Crippen LogP) is 3.63. The molecule has 1 aliphatic rings. The Balaban J connectivity index is 1.37. The van der Waals surface area contributed by atoms with Crippen molar-refractivity contribution in [3.63, 3.8) is 0 Å². The number of benzene rings is 1. The maximum atomic E-state index is 5.62. The van der Waals surface area contributed by atoms with E-state index in [-0.39, 0.29) is 6.61 Å². The lowest BCUT2D eigenvalue weighted by Gasteiger charge is -2.11. The van der Waals surface area contributed by atoms with Gasteiger partial charge in [0.25, 0.3) is 5.89 Å². The molecule has 1 aromatic carbocycles. The van der Waals surface area contributed by atoms with E-state index in [1.165, 1.54) is 12.2 Å². The summed E-state index contributed by atoms with van der Waals surface area (Å²) >= 11 is 1.97. The number of hydrogen-bond acceptors (Lipinski definition) is 7. The minimum atomic E-state index is 0.264. The summed E-state index contributed by atoms with van der Waals surface area (Å²) in [6.45, 7) is 0.264. The fourth-order valence-electron chi connectivity index (χ4n) is 2.56. The standard InChI is InChI=1S/C18H18N4O2S/c1-2-4-15(5-3-1)23-11-17-21-18(24-22-17)13-6-7-16(19-10-13)20-14-8-9-25-12-14/h1-7,10,14H,8-9,11-12H2,(H,19,20)/t14-/m0/s1. The largest absolute Gasteiger partial charge is 0.485 e. The van der Waals surface area contributed by atoms with E-state index in [0.717, 1.165) is 22.9 Å². The first kappa shape index (κ1) is 16.0. The van der Waals surface area contributed by atoms with Crippen LogP contribution in [0.4, 0.5) is 5.82 Å². The minimum Gasteiger partial charge on any atom is -0.485 e. The van der Waals surface area contributed by atoms with Crippen LogP contribution in [0.2, 0.25) is 0 Å². The molecule has 25 heavy (non-hydrogen) atoms. The first-order valence-electron chi connectivity index (χ1n) is 8.18. The van der Waals surface area contributed by atoms with Crippen LogP contribution in [0.15, 0.2) is 53.2 Å². The second-order valence-corrected chi connectivity index (χ2v) is 6.90. The Morgan fingerprint density at radius 2 is 2.12 bits per heavy atom. The lowest BCUT2D eigenvalue weighted by atomic mass is 10.2. The molecule has 7 heteroatoms. The van der Waals surface area contributed by atoms with Crippen molar-refractivity contribution < 1.29 is 9.26 Å². The lowest BCUT2D eigenvalue weighted by Crippen LogP contribution is -2.18. The van der Waals surface area contributed by atoms with Crippen molar-refractivity contribution in [2.75, 3.05) is 16.8 Å². The van der Waals surface area contributed by atoms with Gasteiger partial charge in [-0.1, -0.05) is 23.4 Å². The number of aromatic nitrogens is 3. The summed E-state index contributed by atoms with van der Waals surface area (Å²) in [5, 5.41) is 7.40. The van der Waals surface area contributed by atoms with Gasteiger partial charge in [0.2, 0.25) is 5.82 Å². The van der Waals surface area contributed by atoms with Gasteiger partial charge in [-0.2, -0.15) is 16.7 Å². The Kier molecular flexibility index (Phi) is 4.83. The summed E-state index contributed by atoms with van der Waals surface area (Å²) in [5.74, 6) is 4.95. The zero-order valence-corrected chi connectivity index (χ0v) is 14.4. The van der Waals surface area contributed by atoms with Gasteiger partial charge in [-0.25, -0.2) is 4.98 Å². The number of ether oxygens (including phenoxy) is 1. The van der Waals surface area contributed by atoms with E-state index < -0.39 is 0 Å². The lowest BCUT2D eigenvalue weighted by molar-refractivity contribution is 0.287. The third-order valence-corrected chi connectivity index (χ3v) is 5.03. The van der Waals surface area contributed by atoms with E-state index in [9.17, 15) is 0 Å². The first-order chi connectivity index (χ1) is 12.4. The molecule has 2 aromatic heterocycles. The molecule has 0 amide bonds. The molecule has 0 aliphatic carbocycles. The zero-order chi connectivity index (χ0) is 16.9. The summed E-state index contributed by atoms with van der Waals surface area (Å²) in [7, 11) is 0. The summed E-state index contributed by atoms with van der Waals surface area (Å²) in [6, 6.07) is 13.9. The first-order valence-corrected chi connectivity index (χ1v) is 9.33. The van der Waals surface area contributed by atoms with Crippen LogP contribution >= 0.6 is 11.8 Å². The minimum absolute atomic E-state index is 0.264. The third kappa shape index (κ3) is 4.11. The predicted molar refractivity (Wildman–Crippen MR) is 97.7 cm³/mol. The van der Waals surface area contributed by atoms with Gasteiger partial charge in [0.15, 0.2) is 6.61 Å². The van der Waals surface area contributed by atoms with E-state index in [1.807, 2.05) is 54.2 Å². The second-order valence-electron chi connectivity index (χ2n) is 5.75. The highest BCUT2D eigenvalue weighted by Gasteiger charge is 2.16. The van der Waals surface area contributed by atoms with E-state index in [4.69, 9.17) is 9.26 Å². The summed E-state index contributed by atoms with van der Waals surface area (Å²) in [5.41, 5.74) is 0.796. The Bertz CT molecular complexity index is 801. The molecule has 6 nitrogen and oxygen atoms in total. The fraction of sp³-hybridized carbons (Fsp3) is 0.278. The van der Waals surface area contributed by atoms with Crippen molar-refractivity contribution in [3.8, 4) is 17.2 Å².